The monoisotopic (exact) mass is 418 g/mol. The predicted molar refractivity (Wildman–Crippen MR) is 114 cm³/mol. The average molecular weight is 419 g/mol. The van der Waals surface area contributed by atoms with Gasteiger partial charge in [-0.2, -0.15) is 0 Å². The first-order chi connectivity index (χ1) is 11.4. The predicted octanol–water partition coefficient (Wildman–Crippen LogP) is 2.86. The molecule has 26 heavy (non-hydrogen) atoms. The molecule has 2 aromatic rings. The van der Waals surface area contributed by atoms with Crippen molar-refractivity contribution in [3.63, 3.8) is 0 Å². The SMILES string of the molecule is CC1(C)CN(CC(=O)NCCc2nc3ccccc3s2)CCC1N.Cl.Cl. The summed E-state index contributed by atoms with van der Waals surface area (Å²) in [6.45, 7) is 7.21. The van der Waals surface area contributed by atoms with Gasteiger partial charge in [0.2, 0.25) is 5.91 Å². The van der Waals surface area contributed by atoms with Crippen LogP contribution in [-0.2, 0) is 11.2 Å². The summed E-state index contributed by atoms with van der Waals surface area (Å²) in [5, 5.41) is 4.09. The molecular formula is C18H28Cl2N4OS. The molecule has 1 amide bonds. The number of nitrogens with two attached hydrogens (primary N) is 1. The number of nitrogens with one attached hydrogen (secondary N) is 1. The van der Waals surface area contributed by atoms with Crippen molar-refractivity contribution >= 4 is 52.3 Å². The fourth-order valence-corrected chi connectivity index (χ4v) is 4.18. The number of aromatic nitrogens is 1. The summed E-state index contributed by atoms with van der Waals surface area (Å²) in [6, 6.07) is 8.35. The minimum absolute atomic E-state index is 0. The molecule has 1 aliphatic rings. The zero-order valence-corrected chi connectivity index (χ0v) is 17.7. The van der Waals surface area contributed by atoms with E-state index in [0.717, 1.165) is 36.5 Å². The molecule has 0 bridgehead atoms. The molecule has 1 saturated heterocycles. The van der Waals surface area contributed by atoms with Crippen molar-refractivity contribution in [2.24, 2.45) is 11.1 Å². The average Bonchev–Trinajstić information content (AvgIpc) is 2.93. The fraction of sp³-hybridized carbons (Fsp3) is 0.556. The van der Waals surface area contributed by atoms with Crippen LogP contribution in [0.3, 0.4) is 0 Å². The van der Waals surface area contributed by atoms with E-state index in [0.29, 0.717) is 13.1 Å². The lowest BCUT2D eigenvalue weighted by molar-refractivity contribution is -0.123. The van der Waals surface area contributed by atoms with Gasteiger partial charge >= 0.3 is 0 Å². The molecule has 1 atom stereocenters. The summed E-state index contributed by atoms with van der Waals surface area (Å²) >= 11 is 1.70. The lowest BCUT2D eigenvalue weighted by Crippen LogP contribution is -2.54. The maximum Gasteiger partial charge on any atom is 0.234 e. The van der Waals surface area contributed by atoms with Crippen LogP contribution in [0.1, 0.15) is 25.3 Å². The van der Waals surface area contributed by atoms with Crippen molar-refractivity contribution in [1.29, 1.82) is 0 Å². The van der Waals surface area contributed by atoms with Gasteiger partial charge in [0.15, 0.2) is 0 Å². The van der Waals surface area contributed by atoms with Gasteiger partial charge in [0.05, 0.1) is 21.8 Å². The van der Waals surface area contributed by atoms with E-state index >= 15 is 0 Å². The van der Waals surface area contributed by atoms with Gasteiger partial charge in [-0.15, -0.1) is 36.2 Å². The largest absolute Gasteiger partial charge is 0.355 e. The van der Waals surface area contributed by atoms with Crippen molar-refractivity contribution in [1.82, 2.24) is 15.2 Å². The highest BCUT2D eigenvalue weighted by atomic mass is 35.5. The highest BCUT2D eigenvalue weighted by molar-refractivity contribution is 7.18. The molecule has 146 valence electrons. The topological polar surface area (TPSA) is 71.2 Å². The van der Waals surface area contributed by atoms with E-state index in [2.05, 4.69) is 35.1 Å². The Morgan fingerprint density at radius 2 is 2.12 bits per heavy atom. The van der Waals surface area contributed by atoms with Crippen LogP contribution in [0.2, 0.25) is 0 Å². The van der Waals surface area contributed by atoms with Gasteiger partial charge < -0.3 is 11.1 Å². The Morgan fingerprint density at radius 3 is 2.81 bits per heavy atom. The molecule has 1 fully saturated rings. The third-order valence-corrected chi connectivity index (χ3v) is 5.85. The first kappa shape index (κ1) is 23.1. The van der Waals surface area contributed by atoms with Crippen molar-refractivity contribution in [2.45, 2.75) is 32.7 Å². The number of carbonyl (C=O) groups excluding carboxylic acids is 1. The van der Waals surface area contributed by atoms with Crippen LogP contribution in [0.5, 0.6) is 0 Å². The van der Waals surface area contributed by atoms with E-state index in [9.17, 15) is 4.79 Å². The minimum Gasteiger partial charge on any atom is -0.355 e. The quantitative estimate of drug-likeness (QED) is 0.782. The summed E-state index contributed by atoms with van der Waals surface area (Å²) in [4.78, 5) is 19.0. The Balaban J connectivity index is 0.00000169. The summed E-state index contributed by atoms with van der Waals surface area (Å²) in [5.74, 6) is 0.0855. The molecule has 1 aromatic carbocycles. The molecular weight excluding hydrogens is 391 g/mol. The number of piperidine rings is 1. The maximum atomic E-state index is 12.2. The molecule has 1 aromatic heterocycles. The van der Waals surface area contributed by atoms with Crippen LogP contribution in [0.25, 0.3) is 10.2 Å². The minimum atomic E-state index is 0. The second-order valence-corrected chi connectivity index (χ2v) is 8.38. The normalized spacial score (nSPS) is 19.4. The van der Waals surface area contributed by atoms with Crippen molar-refractivity contribution in [3.05, 3.63) is 29.3 Å². The third kappa shape index (κ3) is 5.79. The van der Waals surface area contributed by atoms with Crippen molar-refractivity contribution in [3.8, 4) is 0 Å². The van der Waals surface area contributed by atoms with Crippen LogP contribution in [0.4, 0.5) is 0 Å². The molecule has 0 aliphatic carbocycles. The number of carbonyl (C=O) groups is 1. The Kier molecular flexibility index (Phi) is 8.76. The Hall–Kier alpha value is -0.920. The lowest BCUT2D eigenvalue weighted by Gasteiger charge is -2.42. The Bertz CT molecular complexity index is 689. The van der Waals surface area contributed by atoms with Gasteiger partial charge in [-0.3, -0.25) is 9.69 Å². The number of amides is 1. The van der Waals surface area contributed by atoms with Crippen molar-refractivity contribution in [2.75, 3.05) is 26.2 Å². The third-order valence-electron chi connectivity index (χ3n) is 4.76. The Morgan fingerprint density at radius 1 is 1.38 bits per heavy atom. The number of para-hydroxylation sites is 1. The highest BCUT2D eigenvalue weighted by Crippen LogP contribution is 2.27. The fourth-order valence-electron chi connectivity index (χ4n) is 3.21. The summed E-state index contributed by atoms with van der Waals surface area (Å²) in [5.41, 5.74) is 7.26. The van der Waals surface area contributed by atoms with Crippen LogP contribution < -0.4 is 11.1 Å². The van der Waals surface area contributed by atoms with Crippen LogP contribution in [-0.4, -0.2) is 48.0 Å². The zero-order chi connectivity index (χ0) is 17.2. The second kappa shape index (κ2) is 9.85. The smallest absolute Gasteiger partial charge is 0.234 e. The van der Waals surface area contributed by atoms with Crippen LogP contribution in [0.15, 0.2) is 24.3 Å². The molecule has 5 nitrogen and oxygen atoms in total. The van der Waals surface area contributed by atoms with E-state index in [1.165, 1.54) is 4.70 Å². The van der Waals surface area contributed by atoms with Gasteiger partial charge in [0, 0.05) is 32.1 Å². The molecule has 3 rings (SSSR count). The standard InChI is InChI=1S/C18H26N4OS.2ClH/c1-18(2)12-22(10-8-15(18)19)11-16(23)20-9-7-17-21-13-5-3-4-6-14(13)24-17;;/h3-6,15H,7-12,19H2,1-2H3,(H,20,23);2*1H. The maximum absolute atomic E-state index is 12.2. The molecule has 1 unspecified atom stereocenters. The van der Waals surface area contributed by atoms with Crippen molar-refractivity contribution < 1.29 is 4.79 Å². The van der Waals surface area contributed by atoms with E-state index < -0.39 is 0 Å². The Labute approximate surface area is 171 Å². The van der Waals surface area contributed by atoms with E-state index in [1.807, 2.05) is 18.2 Å². The number of fused-ring (bicyclic) bond motifs is 1. The van der Waals surface area contributed by atoms with Gasteiger partial charge in [-0.1, -0.05) is 26.0 Å². The van der Waals surface area contributed by atoms with E-state index in [1.54, 1.807) is 11.3 Å². The molecule has 0 spiro atoms. The molecule has 0 saturated carbocycles. The van der Waals surface area contributed by atoms with Crippen LogP contribution in [0, 0.1) is 5.41 Å². The van der Waals surface area contributed by atoms with Gasteiger partial charge in [-0.25, -0.2) is 4.98 Å². The lowest BCUT2D eigenvalue weighted by atomic mass is 9.80. The van der Waals surface area contributed by atoms with E-state index in [-0.39, 0.29) is 42.2 Å². The number of likely N-dealkylation sites (tertiary alicyclic amines) is 1. The number of benzene rings is 1. The van der Waals surface area contributed by atoms with Gasteiger partial charge in [-0.05, 0) is 24.0 Å². The van der Waals surface area contributed by atoms with E-state index in [4.69, 9.17) is 5.73 Å². The van der Waals surface area contributed by atoms with Crippen LogP contribution >= 0.6 is 36.2 Å². The highest BCUT2D eigenvalue weighted by Gasteiger charge is 2.33. The number of halogens is 2. The number of nitrogens with zero attached hydrogens (tertiary/aromatic N) is 2. The first-order valence-corrected chi connectivity index (χ1v) is 9.35. The summed E-state index contributed by atoms with van der Waals surface area (Å²) in [7, 11) is 0. The number of rotatable bonds is 5. The molecule has 8 heteroatoms. The molecule has 3 N–H and O–H groups in total. The van der Waals surface area contributed by atoms with Gasteiger partial charge in [0.25, 0.3) is 0 Å². The molecule has 2 heterocycles. The first-order valence-electron chi connectivity index (χ1n) is 8.53. The molecule has 1 aliphatic heterocycles. The number of thiazole rings is 1. The molecule has 0 radical (unpaired) electrons. The number of hydrogen-bond donors (Lipinski definition) is 2. The summed E-state index contributed by atoms with van der Waals surface area (Å²) in [6.07, 6.45) is 1.73. The van der Waals surface area contributed by atoms with Gasteiger partial charge in [0.1, 0.15) is 0 Å². The second-order valence-electron chi connectivity index (χ2n) is 7.27. The summed E-state index contributed by atoms with van der Waals surface area (Å²) < 4.78 is 1.20. The zero-order valence-electron chi connectivity index (χ0n) is 15.2. The number of hydrogen-bond acceptors (Lipinski definition) is 5.